The van der Waals surface area contributed by atoms with Gasteiger partial charge in [-0.1, -0.05) is 12.1 Å². The first-order valence-corrected chi connectivity index (χ1v) is 27.5. The van der Waals surface area contributed by atoms with Gasteiger partial charge in [0.15, 0.2) is 0 Å². The second-order valence-corrected chi connectivity index (χ2v) is 27.6. The molecule has 0 aromatic heterocycles. The van der Waals surface area contributed by atoms with Gasteiger partial charge in [0.25, 0.3) is 0 Å². The number of hydrogen-bond acceptors (Lipinski definition) is 3. The minimum atomic E-state index is -0.953. The quantitative estimate of drug-likeness (QED) is 0.142. The molecule has 34 rings (SSSR count). The monoisotopic (exact) mass is 905 g/mol. The third kappa shape index (κ3) is 1.49. The van der Waals surface area contributed by atoms with Crippen molar-refractivity contribution in [3.8, 4) is 0 Å². The second-order valence-electron chi connectivity index (χ2n) is 27.6. The molecule has 0 radical (unpaired) electrons. The summed E-state index contributed by atoms with van der Waals surface area (Å²) in [6.07, 6.45) is 3.02. The molecule has 2 fully saturated rings. The van der Waals surface area contributed by atoms with Crippen LogP contribution in [0.4, 0.5) is 0 Å². The van der Waals surface area contributed by atoms with Crippen LogP contribution >= 0.6 is 0 Å². The number of benzene rings is 16. The van der Waals surface area contributed by atoms with Gasteiger partial charge in [-0.2, -0.15) is 0 Å². The van der Waals surface area contributed by atoms with Crippen LogP contribution in [0.15, 0.2) is 5.16 Å². The highest BCUT2D eigenvalue weighted by Crippen LogP contribution is 2.93. The summed E-state index contributed by atoms with van der Waals surface area (Å²) >= 11 is 0. The third-order valence-electron chi connectivity index (χ3n) is 27.6. The summed E-state index contributed by atoms with van der Waals surface area (Å²) in [5.74, 6) is -0.215. The molecular weight excluding hydrogens is 891 g/mol. The first-order chi connectivity index (χ1) is 36.1. The van der Waals surface area contributed by atoms with Crippen molar-refractivity contribution in [2.24, 2.45) is 16.5 Å². The fraction of sp³-hybridized carbons (Fsp3) is 0.159. The van der Waals surface area contributed by atoms with E-state index in [-0.39, 0.29) is 16.7 Å². The van der Waals surface area contributed by atoms with E-state index < -0.39 is 18.0 Å². The number of carboxylic acids is 1. The van der Waals surface area contributed by atoms with Gasteiger partial charge in [-0.05, 0) is 328 Å². The van der Waals surface area contributed by atoms with Crippen molar-refractivity contribution in [1.82, 2.24) is 0 Å². The maximum Gasteiger partial charge on any atom is 0.344 e. The van der Waals surface area contributed by atoms with Crippen LogP contribution in [0.1, 0.15) is 82.5 Å². The van der Waals surface area contributed by atoms with Crippen molar-refractivity contribution in [2.75, 3.05) is 6.61 Å². The number of carbonyl (C=O) groups is 1. The number of nitrogens with zero attached hydrogens (tertiary/aromatic N) is 1. The molecule has 4 nitrogen and oxygen atoms in total. The Balaban J connectivity index is 1.11. The summed E-state index contributed by atoms with van der Waals surface area (Å²) < 4.78 is 0. The summed E-state index contributed by atoms with van der Waals surface area (Å²) in [6.45, 7) is 2.34. The van der Waals surface area contributed by atoms with E-state index in [1.165, 1.54) is 0 Å². The Morgan fingerprint density at radius 1 is 0.411 bits per heavy atom. The molecule has 0 saturated heterocycles. The molecule has 0 bridgehead atoms. The zero-order valence-corrected chi connectivity index (χ0v) is 37.8. The largest absolute Gasteiger partial charge is 0.479 e. The van der Waals surface area contributed by atoms with Crippen LogP contribution in [0, 0.1) is 11.3 Å². The molecule has 0 heterocycles. The fourth-order valence-corrected chi connectivity index (χ4v) is 28.1. The van der Waals surface area contributed by atoms with Gasteiger partial charge in [-0.25, -0.2) is 4.79 Å². The molecule has 0 aliphatic heterocycles. The molecule has 24 aromatic carbocycles. The van der Waals surface area contributed by atoms with E-state index in [9.17, 15) is 9.90 Å². The smallest absolute Gasteiger partial charge is 0.344 e. The van der Waals surface area contributed by atoms with Gasteiger partial charge in [0.05, 0.1) is 5.71 Å². The van der Waals surface area contributed by atoms with Crippen LogP contribution in [0.25, 0.3) is 259 Å². The molecule has 0 amide bonds. The SMILES string of the molecule is CC12CCC/C(=N\OCC(=O)O)C1C13c4c5c6c7c8c9c%10c%11c%12c%13c%14c%15c(c6c6c4c4c%16c%17c%18c(c%19c%20c1c5c8c1c%20c5c%19c8c%18c%18c%19c%17c%17c4c6c%15c4c%14c6c%12c%12c%14c%11c(c91)c5c%14c8c%18c%12c6c%19c4%17)C%1623)C7C%10%13. The molecular formula is C69H15NO3. The predicted molar refractivity (Wildman–Crippen MR) is 296 cm³/mol. The van der Waals surface area contributed by atoms with Gasteiger partial charge >= 0.3 is 5.97 Å². The van der Waals surface area contributed by atoms with Crippen LogP contribution in [0.5, 0.6) is 0 Å². The first-order valence-electron chi connectivity index (χ1n) is 27.5. The van der Waals surface area contributed by atoms with Crippen LogP contribution < -0.4 is 0 Å². The van der Waals surface area contributed by atoms with E-state index in [4.69, 9.17) is 9.99 Å². The highest BCUT2D eigenvalue weighted by Gasteiger charge is 2.87. The van der Waals surface area contributed by atoms with Gasteiger partial charge in [0.1, 0.15) is 0 Å². The molecule has 24 aromatic rings. The topological polar surface area (TPSA) is 58.9 Å². The summed E-state index contributed by atoms with van der Waals surface area (Å²) in [5, 5.41) is 94.4. The Morgan fingerprint density at radius 3 is 1.00 bits per heavy atom. The molecule has 314 valence electrons. The summed E-state index contributed by atoms with van der Waals surface area (Å²) in [4.78, 5) is 18.4. The molecule has 1 N–H and O–H groups in total. The lowest BCUT2D eigenvalue weighted by molar-refractivity contribution is -0.142. The molecule has 73 heavy (non-hydrogen) atoms. The zero-order valence-electron chi connectivity index (χ0n) is 37.8. The second kappa shape index (κ2) is 6.33. The van der Waals surface area contributed by atoms with Crippen LogP contribution in [-0.4, -0.2) is 23.4 Å². The van der Waals surface area contributed by atoms with Crippen LogP contribution in [0.3, 0.4) is 0 Å². The Hall–Kier alpha value is -8.34. The molecule has 6 atom stereocenters. The van der Waals surface area contributed by atoms with E-state index in [0.29, 0.717) is 11.8 Å². The first kappa shape index (κ1) is 28.0. The lowest BCUT2D eigenvalue weighted by Crippen LogP contribution is -2.80. The molecule has 6 unspecified atom stereocenters. The molecule has 10 aliphatic rings. The van der Waals surface area contributed by atoms with Gasteiger partial charge in [0.2, 0.25) is 6.61 Å². The van der Waals surface area contributed by atoms with Crippen LogP contribution in [0.2, 0.25) is 0 Å². The number of fused-ring (bicyclic) bond motifs is 1. The maximum atomic E-state index is 12.3. The van der Waals surface area contributed by atoms with Crippen molar-refractivity contribution >= 4 is 270 Å². The standard InChI is InChI=1S/C69H15NO3/c1-67-4-2-3-6(70-73-5-7(71)72)66(67)68-62-54-46-36-26-18-10-8-9-12-16-14(10)22-30-24(16)34-28-20(12)21-13(9)17-15-11(8)19(18)27-33-23(15)31-25(17)35-29(21)39-38(28)50-44(34)52-42(30)48(40(46)32(22)26)56(62)58(52)64-60(50)61-51(39)45(35)53-43(31)49-41(33)47(37(27)36)55(54)63(68)57(49)59(53)65(61)69(64,67)68/h18,26,66H,2-5H2,1H3,(H,71,72)/b70-6+. The Labute approximate surface area is 399 Å². The summed E-state index contributed by atoms with van der Waals surface area (Å²) in [7, 11) is 0. The Bertz CT molecular complexity index is 7410. The number of carboxylic acid groups (broad SMARTS) is 1. The normalized spacial score (nSPS) is 28.9. The van der Waals surface area contributed by atoms with Gasteiger partial charge < -0.3 is 9.94 Å². The minimum Gasteiger partial charge on any atom is -0.479 e. The minimum absolute atomic E-state index is 0.0799. The average Bonchev–Trinajstić information content (AvgIpc) is 4.34. The van der Waals surface area contributed by atoms with E-state index in [1.807, 2.05) is 0 Å². The van der Waals surface area contributed by atoms with Crippen molar-refractivity contribution < 1.29 is 14.7 Å². The predicted octanol–water partition coefficient (Wildman–Crippen LogP) is 16.8. The van der Waals surface area contributed by atoms with Gasteiger partial charge in [0, 0.05) is 28.6 Å². The van der Waals surface area contributed by atoms with Crippen LogP contribution in [-0.2, 0) is 20.5 Å². The van der Waals surface area contributed by atoms with Gasteiger partial charge in [-0.15, -0.1) is 0 Å². The van der Waals surface area contributed by atoms with E-state index in [1.54, 1.807) is 303 Å². The van der Waals surface area contributed by atoms with E-state index in [2.05, 4.69) is 6.92 Å². The Kier molecular flexibility index (Phi) is 2.43. The number of aliphatic carboxylic acids is 1. The summed E-state index contributed by atoms with van der Waals surface area (Å²) in [5.41, 5.74) is 14.0. The third-order valence-corrected chi connectivity index (χ3v) is 27.6. The van der Waals surface area contributed by atoms with Crippen molar-refractivity contribution in [3.63, 3.8) is 0 Å². The molecule has 4 heteroatoms. The molecule has 2 spiro atoms. The lowest BCUT2D eigenvalue weighted by Gasteiger charge is -2.78. The fourth-order valence-electron chi connectivity index (χ4n) is 28.1. The Morgan fingerprint density at radius 2 is 0.671 bits per heavy atom. The highest BCUT2D eigenvalue weighted by atomic mass is 16.6. The molecule has 2 saturated carbocycles. The van der Waals surface area contributed by atoms with E-state index >= 15 is 0 Å². The zero-order chi connectivity index (χ0) is 44.0. The number of oxime groups is 1. The highest BCUT2D eigenvalue weighted by molar-refractivity contribution is 6.78. The maximum absolute atomic E-state index is 12.3. The number of rotatable bonds is 3. The average molecular weight is 906 g/mol. The number of hydrogen-bond donors (Lipinski definition) is 1. The lowest BCUT2D eigenvalue weighted by atomic mass is 9.22. The van der Waals surface area contributed by atoms with Crippen molar-refractivity contribution in [2.45, 2.75) is 48.9 Å². The van der Waals surface area contributed by atoms with Gasteiger partial charge in [-0.3, -0.25) is 0 Å². The van der Waals surface area contributed by atoms with E-state index in [0.717, 1.165) is 25.0 Å². The summed E-state index contributed by atoms with van der Waals surface area (Å²) in [6, 6.07) is 0. The van der Waals surface area contributed by atoms with Crippen molar-refractivity contribution in [1.29, 1.82) is 0 Å². The van der Waals surface area contributed by atoms with Crippen molar-refractivity contribution in [3.05, 3.63) is 44.5 Å². The molecule has 10 aliphatic carbocycles.